The Hall–Kier alpha value is -3.62. The monoisotopic (exact) mass is 490 g/mol. The maximum Gasteiger partial charge on any atom is 0.323 e. The lowest BCUT2D eigenvalue weighted by Crippen LogP contribution is -2.49. The summed E-state index contributed by atoms with van der Waals surface area (Å²) in [5, 5.41) is 17.5. The lowest BCUT2D eigenvalue weighted by Gasteiger charge is -2.37. The minimum absolute atomic E-state index is 0.0581. The summed E-state index contributed by atoms with van der Waals surface area (Å²) in [5.74, 6) is 0.288. The molecule has 0 spiro atoms. The Bertz CT molecular complexity index is 1240. The Morgan fingerprint density at radius 1 is 1.14 bits per heavy atom. The molecule has 0 unspecified atom stereocenters. The molecule has 3 aromatic carbocycles. The quantitative estimate of drug-likeness (QED) is 0.480. The first-order valence-corrected chi connectivity index (χ1v) is 12.2. The average molecular weight is 491 g/mol. The fraction of sp³-hybridized carbons (Fsp3) is 0.357. The Morgan fingerprint density at radius 2 is 1.89 bits per heavy atom. The lowest BCUT2D eigenvalue weighted by atomic mass is 9.99. The highest BCUT2D eigenvalue weighted by Crippen LogP contribution is 2.31. The number of likely N-dealkylation sites (N-methyl/N-ethyl adjacent to an activating group) is 1. The van der Waals surface area contributed by atoms with E-state index in [1.165, 1.54) is 0 Å². The average Bonchev–Trinajstić information content (AvgIpc) is 2.86. The number of rotatable bonds is 6. The summed E-state index contributed by atoms with van der Waals surface area (Å²) in [4.78, 5) is 30.1. The van der Waals surface area contributed by atoms with Crippen LogP contribution in [-0.4, -0.2) is 72.8 Å². The largest absolute Gasteiger partial charge is 0.488 e. The van der Waals surface area contributed by atoms with E-state index in [0.29, 0.717) is 35.8 Å². The van der Waals surface area contributed by atoms with E-state index < -0.39 is 6.03 Å². The van der Waals surface area contributed by atoms with Crippen LogP contribution in [0.4, 0.5) is 16.2 Å². The second kappa shape index (κ2) is 11.0. The van der Waals surface area contributed by atoms with Crippen molar-refractivity contribution >= 4 is 34.1 Å². The minimum Gasteiger partial charge on any atom is -0.488 e. The van der Waals surface area contributed by atoms with E-state index in [-0.39, 0.29) is 30.6 Å². The van der Waals surface area contributed by atoms with Crippen molar-refractivity contribution in [3.8, 4) is 5.75 Å². The van der Waals surface area contributed by atoms with Crippen LogP contribution in [0.1, 0.15) is 24.2 Å². The third-order valence-corrected chi connectivity index (χ3v) is 6.51. The summed E-state index contributed by atoms with van der Waals surface area (Å²) in [5.41, 5.74) is 1.52. The van der Waals surface area contributed by atoms with Crippen molar-refractivity contribution in [3.63, 3.8) is 0 Å². The molecule has 4 rings (SSSR count). The number of amides is 3. The Kier molecular flexibility index (Phi) is 7.76. The molecule has 190 valence electrons. The minimum atomic E-state index is -0.412. The van der Waals surface area contributed by atoms with E-state index in [9.17, 15) is 14.7 Å². The molecule has 0 radical (unpaired) electrons. The van der Waals surface area contributed by atoms with Crippen molar-refractivity contribution < 1.29 is 19.4 Å². The van der Waals surface area contributed by atoms with E-state index in [4.69, 9.17) is 4.74 Å². The first kappa shape index (κ1) is 25.5. The van der Waals surface area contributed by atoms with E-state index >= 15 is 0 Å². The Labute approximate surface area is 211 Å². The van der Waals surface area contributed by atoms with Gasteiger partial charge in [0.15, 0.2) is 0 Å². The van der Waals surface area contributed by atoms with Crippen molar-refractivity contribution in [3.05, 3.63) is 66.2 Å². The zero-order valence-electron chi connectivity index (χ0n) is 21.2. The molecule has 3 atom stereocenters. The zero-order valence-corrected chi connectivity index (χ0v) is 21.2. The van der Waals surface area contributed by atoms with Gasteiger partial charge in [0, 0.05) is 30.1 Å². The van der Waals surface area contributed by atoms with Crippen LogP contribution in [0, 0.1) is 5.92 Å². The molecular weight excluding hydrogens is 456 g/mol. The van der Waals surface area contributed by atoms with Crippen LogP contribution < -0.4 is 15.4 Å². The van der Waals surface area contributed by atoms with Gasteiger partial charge in [0.05, 0.1) is 23.9 Å². The van der Waals surface area contributed by atoms with Gasteiger partial charge in [-0.2, -0.15) is 0 Å². The molecule has 1 heterocycles. The fourth-order valence-electron chi connectivity index (χ4n) is 4.50. The molecule has 0 aliphatic carbocycles. The predicted octanol–water partition coefficient (Wildman–Crippen LogP) is 4.27. The molecule has 8 heteroatoms. The Balaban J connectivity index is 1.61. The first-order valence-electron chi connectivity index (χ1n) is 12.2. The number of nitrogens with zero attached hydrogens (tertiary/aromatic N) is 2. The van der Waals surface area contributed by atoms with Crippen LogP contribution in [0.25, 0.3) is 10.8 Å². The summed E-state index contributed by atoms with van der Waals surface area (Å²) in [6, 6.07) is 17.9. The van der Waals surface area contributed by atoms with Gasteiger partial charge < -0.3 is 30.3 Å². The number of fused-ring (bicyclic) bond motifs is 2. The summed E-state index contributed by atoms with van der Waals surface area (Å²) >= 11 is 0. The van der Waals surface area contributed by atoms with Crippen LogP contribution in [0.3, 0.4) is 0 Å². The van der Waals surface area contributed by atoms with Crippen molar-refractivity contribution in [2.75, 3.05) is 44.4 Å². The van der Waals surface area contributed by atoms with Crippen molar-refractivity contribution in [2.24, 2.45) is 5.92 Å². The van der Waals surface area contributed by atoms with Crippen LogP contribution in [0.2, 0.25) is 0 Å². The molecule has 1 aliphatic rings. The zero-order chi connectivity index (χ0) is 25.8. The highest BCUT2D eigenvalue weighted by atomic mass is 16.5. The van der Waals surface area contributed by atoms with E-state index in [1.54, 1.807) is 23.1 Å². The number of aliphatic hydroxyl groups excluding tert-OH is 1. The molecule has 3 amide bonds. The SMILES string of the molecule is C[C@@H]1CN([C@@H](C)CO)C(=O)c2cc(NC(=O)Nc3cccc4ccccc34)ccc2O[C@@H]1CN(C)C. The molecule has 0 fully saturated rings. The molecule has 0 bridgehead atoms. The number of carbonyl (C=O) groups excluding carboxylic acids is 2. The van der Waals surface area contributed by atoms with Crippen LogP contribution in [-0.2, 0) is 0 Å². The number of nitrogens with one attached hydrogen (secondary N) is 2. The van der Waals surface area contributed by atoms with Gasteiger partial charge in [-0.15, -0.1) is 0 Å². The molecule has 3 aromatic rings. The van der Waals surface area contributed by atoms with E-state index in [0.717, 1.165) is 10.8 Å². The highest BCUT2D eigenvalue weighted by molar-refractivity contribution is 6.07. The normalized spacial score (nSPS) is 18.7. The molecule has 8 nitrogen and oxygen atoms in total. The number of urea groups is 1. The standard InChI is InChI=1S/C28H34N4O4/c1-18-15-32(19(2)17-33)27(34)23-14-21(12-13-25(23)36-26(18)16-31(3)4)29-28(35)30-24-11-7-9-20-8-5-6-10-22(20)24/h5-14,18-19,26,33H,15-17H2,1-4H3,(H2,29,30,35)/t18-,19+,26-/m1/s1. The number of anilines is 2. The highest BCUT2D eigenvalue weighted by Gasteiger charge is 2.33. The third kappa shape index (κ3) is 5.61. The van der Waals surface area contributed by atoms with Gasteiger partial charge in [-0.05, 0) is 50.7 Å². The van der Waals surface area contributed by atoms with Crippen molar-refractivity contribution in [1.29, 1.82) is 0 Å². The van der Waals surface area contributed by atoms with Crippen LogP contribution >= 0.6 is 0 Å². The van der Waals surface area contributed by atoms with Gasteiger partial charge in [0.2, 0.25) is 0 Å². The number of ether oxygens (including phenoxy) is 1. The Morgan fingerprint density at radius 3 is 2.64 bits per heavy atom. The van der Waals surface area contributed by atoms with Gasteiger partial charge in [-0.25, -0.2) is 4.79 Å². The van der Waals surface area contributed by atoms with Gasteiger partial charge in [-0.1, -0.05) is 43.3 Å². The fourth-order valence-corrected chi connectivity index (χ4v) is 4.50. The van der Waals surface area contributed by atoms with E-state index in [1.807, 2.05) is 63.5 Å². The molecule has 1 aliphatic heterocycles. The third-order valence-electron chi connectivity index (χ3n) is 6.51. The molecule has 0 saturated carbocycles. The molecule has 3 N–H and O–H groups in total. The second-order valence-electron chi connectivity index (χ2n) is 9.70. The number of aliphatic hydroxyl groups is 1. The number of hydrogen-bond acceptors (Lipinski definition) is 5. The van der Waals surface area contributed by atoms with E-state index in [2.05, 4.69) is 22.5 Å². The predicted molar refractivity (Wildman–Crippen MR) is 143 cm³/mol. The second-order valence-corrected chi connectivity index (χ2v) is 9.70. The molecular formula is C28H34N4O4. The number of carbonyl (C=O) groups is 2. The lowest BCUT2D eigenvalue weighted by molar-refractivity contribution is 0.0363. The van der Waals surface area contributed by atoms with Crippen molar-refractivity contribution in [2.45, 2.75) is 26.0 Å². The van der Waals surface area contributed by atoms with Crippen LogP contribution in [0.5, 0.6) is 5.75 Å². The van der Waals surface area contributed by atoms with Gasteiger partial charge >= 0.3 is 6.03 Å². The summed E-state index contributed by atoms with van der Waals surface area (Å²) < 4.78 is 6.32. The first-order chi connectivity index (χ1) is 17.3. The molecule has 0 saturated heterocycles. The topological polar surface area (TPSA) is 94.1 Å². The molecule has 36 heavy (non-hydrogen) atoms. The van der Waals surface area contributed by atoms with Gasteiger partial charge in [-0.3, -0.25) is 4.79 Å². The smallest absolute Gasteiger partial charge is 0.323 e. The van der Waals surface area contributed by atoms with Gasteiger partial charge in [0.25, 0.3) is 5.91 Å². The summed E-state index contributed by atoms with van der Waals surface area (Å²) in [6.07, 6.45) is -0.145. The maximum atomic E-state index is 13.5. The maximum absolute atomic E-state index is 13.5. The van der Waals surface area contributed by atoms with Gasteiger partial charge in [0.1, 0.15) is 11.9 Å². The number of benzene rings is 3. The van der Waals surface area contributed by atoms with Crippen LogP contribution in [0.15, 0.2) is 60.7 Å². The molecule has 0 aromatic heterocycles. The summed E-state index contributed by atoms with van der Waals surface area (Å²) in [6.45, 7) is 4.88. The summed E-state index contributed by atoms with van der Waals surface area (Å²) in [7, 11) is 3.97. The number of hydrogen-bond donors (Lipinski definition) is 3. The van der Waals surface area contributed by atoms with Crippen molar-refractivity contribution in [1.82, 2.24) is 9.80 Å².